The van der Waals surface area contributed by atoms with Gasteiger partial charge in [0.05, 0.1) is 23.2 Å². The predicted octanol–water partition coefficient (Wildman–Crippen LogP) is 3.01. The van der Waals surface area contributed by atoms with Crippen molar-refractivity contribution >= 4 is 33.3 Å². The highest BCUT2D eigenvalue weighted by molar-refractivity contribution is 7.92. The molecule has 2 heterocycles. The van der Waals surface area contributed by atoms with Crippen LogP contribution in [0.2, 0.25) is 5.02 Å². The Hall–Kier alpha value is -2.47. The summed E-state index contributed by atoms with van der Waals surface area (Å²) in [5, 5.41) is 9.47. The molecule has 2 fully saturated rings. The molecular weight excluding hydrogens is 514 g/mol. The maximum atomic E-state index is 14.9. The topological polar surface area (TPSA) is 84.4 Å². The van der Waals surface area contributed by atoms with E-state index >= 15 is 0 Å². The second-order valence-corrected chi connectivity index (χ2v) is 11.2. The van der Waals surface area contributed by atoms with Crippen molar-refractivity contribution in [3.63, 3.8) is 0 Å². The van der Waals surface area contributed by atoms with E-state index < -0.39 is 33.4 Å². The molecule has 0 radical (unpaired) electrons. The summed E-state index contributed by atoms with van der Waals surface area (Å²) in [6, 6.07) is 7.15. The molecule has 36 heavy (non-hydrogen) atoms. The van der Waals surface area contributed by atoms with Crippen LogP contribution in [0.4, 0.5) is 19.3 Å². The molecule has 0 spiro atoms. The predicted molar refractivity (Wildman–Crippen MR) is 133 cm³/mol. The van der Waals surface area contributed by atoms with Gasteiger partial charge in [0.1, 0.15) is 11.6 Å². The molecule has 0 aromatic heterocycles. The van der Waals surface area contributed by atoms with Gasteiger partial charge < -0.3 is 14.9 Å². The molecule has 2 saturated heterocycles. The van der Waals surface area contributed by atoms with E-state index in [1.165, 1.54) is 24.3 Å². The largest absolute Gasteiger partial charge is 0.395 e. The number of likely N-dealkylation sites (tertiary alicyclic amines) is 1. The SMILES string of the molecule is O=C(N1CCN(CCO)CC1)N1CCCC(N(c2cc(F)ccc2F)S(=O)(=O)c2ccc(Cl)cc2)C1. The van der Waals surface area contributed by atoms with Crippen molar-refractivity contribution in [2.45, 2.75) is 23.8 Å². The quantitative estimate of drug-likeness (QED) is 0.607. The second kappa shape index (κ2) is 11.3. The lowest BCUT2D eigenvalue weighted by Gasteiger charge is -2.42. The van der Waals surface area contributed by atoms with Gasteiger partial charge in [-0.1, -0.05) is 11.6 Å². The number of piperazine rings is 1. The normalized spacial score (nSPS) is 19.4. The minimum atomic E-state index is -4.31. The molecule has 2 aromatic carbocycles. The van der Waals surface area contributed by atoms with Crippen molar-refractivity contribution < 1.29 is 27.1 Å². The average Bonchev–Trinajstić information content (AvgIpc) is 2.87. The monoisotopic (exact) mass is 542 g/mol. The van der Waals surface area contributed by atoms with Gasteiger partial charge in [-0.25, -0.2) is 22.0 Å². The number of urea groups is 1. The number of halogens is 3. The number of sulfonamides is 1. The Morgan fingerprint density at radius 2 is 1.72 bits per heavy atom. The van der Waals surface area contributed by atoms with E-state index in [0.717, 1.165) is 22.5 Å². The standard InChI is InChI=1S/C24H29ClF2N4O4S/c25-18-3-6-21(7-4-18)36(34,35)31(23-16-19(26)5-8-22(23)27)20-2-1-9-30(17-20)24(33)29-12-10-28(11-13-29)14-15-32/h3-8,16,20,32H,1-2,9-15,17H2. The number of piperidine rings is 1. The third-order valence-corrected chi connectivity index (χ3v) is 8.71. The molecule has 8 nitrogen and oxygen atoms in total. The average molecular weight is 543 g/mol. The third-order valence-electron chi connectivity index (χ3n) is 6.57. The number of aliphatic hydroxyl groups excluding tert-OH is 1. The molecule has 2 aliphatic heterocycles. The number of aliphatic hydroxyl groups is 1. The summed E-state index contributed by atoms with van der Waals surface area (Å²) in [7, 11) is -4.31. The van der Waals surface area contributed by atoms with E-state index in [2.05, 4.69) is 4.90 Å². The minimum Gasteiger partial charge on any atom is -0.395 e. The Balaban J connectivity index is 1.62. The van der Waals surface area contributed by atoms with Gasteiger partial charge in [0.2, 0.25) is 0 Å². The maximum Gasteiger partial charge on any atom is 0.320 e. The fraction of sp³-hybridized carbons (Fsp3) is 0.458. The summed E-state index contributed by atoms with van der Waals surface area (Å²) in [6.45, 7) is 3.33. The van der Waals surface area contributed by atoms with Crippen molar-refractivity contribution in [2.75, 3.05) is 56.7 Å². The van der Waals surface area contributed by atoms with Gasteiger partial charge in [0.25, 0.3) is 10.0 Å². The van der Waals surface area contributed by atoms with Crippen LogP contribution in [-0.4, -0.2) is 92.7 Å². The Kier molecular flexibility index (Phi) is 8.34. The molecule has 0 aliphatic carbocycles. The zero-order chi connectivity index (χ0) is 25.9. The van der Waals surface area contributed by atoms with Gasteiger partial charge >= 0.3 is 6.03 Å². The first kappa shape index (κ1) is 26.6. The number of hydrogen-bond donors (Lipinski definition) is 1. The highest BCUT2D eigenvalue weighted by Crippen LogP contribution is 2.33. The summed E-state index contributed by atoms with van der Waals surface area (Å²) in [5.74, 6) is -1.65. The van der Waals surface area contributed by atoms with Crippen LogP contribution < -0.4 is 4.31 Å². The van der Waals surface area contributed by atoms with Crippen LogP contribution in [0.1, 0.15) is 12.8 Å². The summed E-state index contributed by atoms with van der Waals surface area (Å²) < 4.78 is 57.5. The lowest BCUT2D eigenvalue weighted by molar-refractivity contribution is 0.0963. The molecule has 12 heteroatoms. The Labute approximate surface area is 214 Å². The number of hydrogen-bond acceptors (Lipinski definition) is 5. The maximum absolute atomic E-state index is 14.9. The van der Waals surface area contributed by atoms with Crippen molar-refractivity contribution in [3.8, 4) is 0 Å². The first-order chi connectivity index (χ1) is 17.2. The molecule has 1 unspecified atom stereocenters. The van der Waals surface area contributed by atoms with E-state index in [1.54, 1.807) is 9.80 Å². The van der Waals surface area contributed by atoms with E-state index in [9.17, 15) is 22.0 Å². The Morgan fingerprint density at radius 3 is 2.39 bits per heavy atom. The number of β-amino-alcohol motifs (C(OH)–C–C–N with tert-alkyl or cyclic N) is 1. The molecule has 1 atom stereocenters. The van der Waals surface area contributed by atoms with Gasteiger partial charge in [0.15, 0.2) is 0 Å². The second-order valence-electron chi connectivity index (χ2n) is 8.93. The van der Waals surface area contributed by atoms with Gasteiger partial charge in [-0.2, -0.15) is 0 Å². The van der Waals surface area contributed by atoms with Gasteiger partial charge in [-0.05, 0) is 49.2 Å². The number of nitrogens with zero attached hydrogens (tertiary/aromatic N) is 4. The van der Waals surface area contributed by atoms with Crippen LogP contribution in [0.3, 0.4) is 0 Å². The molecule has 4 rings (SSSR count). The number of amides is 2. The van der Waals surface area contributed by atoms with Crippen LogP contribution in [0.15, 0.2) is 47.4 Å². The number of benzene rings is 2. The molecule has 1 N–H and O–H groups in total. The van der Waals surface area contributed by atoms with Crippen LogP contribution >= 0.6 is 11.6 Å². The highest BCUT2D eigenvalue weighted by atomic mass is 35.5. The highest BCUT2D eigenvalue weighted by Gasteiger charge is 2.38. The fourth-order valence-corrected chi connectivity index (χ4v) is 6.52. The molecule has 2 aromatic rings. The van der Waals surface area contributed by atoms with Gasteiger partial charge in [-0.3, -0.25) is 9.21 Å². The van der Waals surface area contributed by atoms with E-state index in [4.69, 9.17) is 16.7 Å². The lowest BCUT2D eigenvalue weighted by atomic mass is 10.1. The van der Waals surface area contributed by atoms with Crippen LogP contribution in [0.5, 0.6) is 0 Å². The first-order valence-corrected chi connectivity index (χ1v) is 13.6. The number of carbonyl (C=O) groups is 1. The Bertz CT molecular complexity index is 1180. The lowest BCUT2D eigenvalue weighted by Crippen LogP contribution is -2.57. The smallest absolute Gasteiger partial charge is 0.320 e. The summed E-state index contributed by atoms with van der Waals surface area (Å²) in [4.78, 5) is 18.5. The fourth-order valence-electron chi connectivity index (χ4n) is 4.72. The molecule has 2 amide bonds. The first-order valence-electron chi connectivity index (χ1n) is 11.8. The molecule has 0 saturated carbocycles. The van der Waals surface area contributed by atoms with Gasteiger partial charge in [0, 0.05) is 56.9 Å². The number of anilines is 1. The zero-order valence-corrected chi connectivity index (χ0v) is 21.3. The van der Waals surface area contributed by atoms with E-state index in [-0.39, 0.29) is 24.1 Å². The van der Waals surface area contributed by atoms with Crippen molar-refractivity contribution in [1.29, 1.82) is 0 Å². The summed E-state index contributed by atoms with van der Waals surface area (Å²) in [5.41, 5.74) is -0.401. The van der Waals surface area contributed by atoms with E-state index in [1.807, 2.05) is 0 Å². The minimum absolute atomic E-state index is 0.0401. The molecular formula is C24H29ClF2N4O4S. The van der Waals surface area contributed by atoms with Crippen LogP contribution in [0.25, 0.3) is 0 Å². The van der Waals surface area contributed by atoms with E-state index in [0.29, 0.717) is 57.1 Å². The summed E-state index contributed by atoms with van der Waals surface area (Å²) >= 11 is 5.93. The number of rotatable bonds is 6. The van der Waals surface area contributed by atoms with Crippen molar-refractivity contribution in [2.24, 2.45) is 0 Å². The molecule has 0 bridgehead atoms. The third kappa shape index (κ3) is 5.74. The zero-order valence-electron chi connectivity index (χ0n) is 19.7. The molecule has 2 aliphatic rings. The summed E-state index contributed by atoms with van der Waals surface area (Å²) in [6.07, 6.45) is 0.876. The number of carbonyl (C=O) groups excluding carboxylic acids is 1. The van der Waals surface area contributed by atoms with Crippen LogP contribution in [-0.2, 0) is 10.0 Å². The van der Waals surface area contributed by atoms with Crippen molar-refractivity contribution in [3.05, 3.63) is 59.1 Å². The Morgan fingerprint density at radius 1 is 1.03 bits per heavy atom. The molecule has 196 valence electrons. The van der Waals surface area contributed by atoms with Gasteiger partial charge in [-0.15, -0.1) is 0 Å². The van der Waals surface area contributed by atoms with Crippen molar-refractivity contribution in [1.82, 2.24) is 14.7 Å². The van der Waals surface area contributed by atoms with Crippen LogP contribution in [0, 0.1) is 11.6 Å².